The summed E-state index contributed by atoms with van der Waals surface area (Å²) in [6.07, 6.45) is 2.89. The first-order valence-electron chi connectivity index (χ1n) is 9.73. The van der Waals surface area contributed by atoms with Crippen LogP contribution in [0.2, 0.25) is 0 Å². The third kappa shape index (κ3) is 4.86. The molecule has 2 atom stereocenters. The van der Waals surface area contributed by atoms with Gasteiger partial charge in [-0.3, -0.25) is 10.1 Å². The highest BCUT2D eigenvalue weighted by Gasteiger charge is 2.30. The Hall–Kier alpha value is -3.61. The molecule has 0 saturated carbocycles. The van der Waals surface area contributed by atoms with Crippen LogP contribution in [0.15, 0.2) is 60.7 Å². The second kappa shape index (κ2) is 9.26. The van der Waals surface area contributed by atoms with Gasteiger partial charge in [0, 0.05) is 24.2 Å². The first kappa shape index (κ1) is 21.1. The Morgan fingerprint density at radius 1 is 1.17 bits per heavy atom. The molecule has 0 fully saturated rings. The minimum atomic E-state index is -0.970. The van der Waals surface area contributed by atoms with Crippen LogP contribution < -0.4 is 5.32 Å². The number of anilines is 1. The predicted octanol–water partition coefficient (Wildman–Crippen LogP) is 4.02. The SMILES string of the molecule is CCOC(=O)Nc1cccc(CN2C(=O)C=CC(c3ccc(C(=O)O)cc3)C2C)c1. The van der Waals surface area contributed by atoms with Crippen LogP contribution in [0.4, 0.5) is 10.5 Å². The van der Waals surface area contributed by atoms with Gasteiger partial charge in [0.2, 0.25) is 5.91 Å². The number of hydrogen-bond donors (Lipinski definition) is 2. The highest BCUT2D eigenvalue weighted by molar-refractivity contribution is 5.90. The molecule has 0 radical (unpaired) electrons. The number of hydrogen-bond acceptors (Lipinski definition) is 4. The summed E-state index contributed by atoms with van der Waals surface area (Å²) in [7, 11) is 0. The van der Waals surface area contributed by atoms with Crippen molar-refractivity contribution in [3.05, 3.63) is 77.4 Å². The van der Waals surface area contributed by atoms with Crippen molar-refractivity contribution in [1.29, 1.82) is 0 Å². The second-order valence-electron chi connectivity index (χ2n) is 7.06. The normalized spacial score (nSPS) is 18.2. The van der Waals surface area contributed by atoms with E-state index in [1.807, 2.05) is 31.2 Å². The lowest BCUT2D eigenvalue weighted by atomic mass is 9.87. The van der Waals surface area contributed by atoms with Crippen molar-refractivity contribution >= 4 is 23.7 Å². The molecule has 0 bridgehead atoms. The van der Waals surface area contributed by atoms with E-state index in [0.29, 0.717) is 12.2 Å². The van der Waals surface area contributed by atoms with Crippen molar-refractivity contribution in [2.75, 3.05) is 11.9 Å². The topological polar surface area (TPSA) is 95.9 Å². The van der Waals surface area contributed by atoms with Crippen LogP contribution in [0.25, 0.3) is 0 Å². The number of nitrogens with one attached hydrogen (secondary N) is 1. The van der Waals surface area contributed by atoms with Crippen molar-refractivity contribution < 1.29 is 24.2 Å². The van der Waals surface area contributed by atoms with Gasteiger partial charge in [-0.1, -0.05) is 30.3 Å². The van der Waals surface area contributed by atoms with Crippen LogP contribution in [0.5, 0.6) is 0 Å². The van der Waals surface area contributed by atoms with Crippen molar-refractivity contribution in [3.63, 3.8) is 0 Å². The summed E-state index contributed by atoms with van der Waals surface area (Å²) in [5.41, 5.74) is 2.64. The number of ether oxygens (including phenoxy) is 1. The molecule has 1 heterocycles. The fraction of sp³-hybridized carbons (Fsp3) is 0.261. The van der Waals surface area contributed by atoms with E-state index in [1.54, 1.807) is 48.2 Å². The molecule has 2 aromatic rings. The molecule has 156 valence electrons. The van der Waals surface area contributed by atoms with Gasteiger partial charge in [-0.25, -0.2) is 9.59 Å². The Labute approximate surface area is 175 Å². The Balaban J connectivity index is 1.76. The summed E-state index contributed by atoms with van der Waals surface area (Å²) in [6, 6.07) is 13.9. The maximum Gasteiger partial charge on any atom is 0.411 e. The van der Waals surface area contributed by atoms with Gasteiger partial charge in [0.15, 0.2) is 0 Å². The standard InChI is InChI=1S/C23H24N2O5/c1-3-30-23(29)24-19-6-4-5-16(13-19)14-25-15(2)20(11-12-21(25)26)17-7-9-18(10-8-17)22(27)28/h4-13,15,20H,3,14H2,1-2H3,(H,24,29)(H,27,28). The molecule has 2 amide bonds. The molecule has 0 spiro atoms. The van der Waals surface area contributed by atoms with E-state index in [9.17, 15) is 14.4 Å². The summed E-state index contributed by atoms with van der Waals surface area (Å²) in [6.45, 7) is 4.37. The second-order valence-corrected chi connectivity index (χ2v) is 7.06. The van der Waals surface area contributed by atoms with Crippen LogP contribution in [0.1, 0.15) is 41.3 Å². The molecular weight excluding hydrogens is 384 g/mol. The average molecular weight is 408 g/mol. The summed E-state index contributed by atoms with van der Waals surface area (Å²) in [5.74, 6) is -1.11. The van der Waals surface area contributed by atoms with Gasteiger partial charge in [-0.2, -0.15) is 0 Å². The number of carbonyl (C=O) groups is 3. The molecule has 30 heavy (non-hydrogen) atoms. The number of benzene rings is 2. The lowest BCUT2D eigenvalue weighted by Gasteiger charge is -2.36. The smallest absolute Gasteiger partial charge is 0.411 e. The molecule has 3 rings (SSSR count). The van der Waals surface area contributed by atoms with Gasteiger partial charge in [0.05, 0.1) is 12.2 Å². The number of rotatable bonds is 6. The van der Waals surface area contributed by atoms with E-state index in [0.717, 1.165) is 11.1 Å². The quantitative estimate of drug-likeness (QED) is 0.753. The number of aromatic carboxylic acids is 1. The predicted molar refractivity (Wildman–Crippen MR) is 112 cm³/mol. The van der Waals surface area contributed by atoms with Crippen LogP contribution >= 0.6 is 0 Å². The molecule has 2 unspecified atom stereocenters. The van der Waals surface area contributed by atoms with Gasteiger partial charge in [-0.15, -0.1) is 0 Å². The fourth-order valence-corrected chi connectivity index (χ4v) is 3.53. The molecule has 0 aliphatic carbocycles. The Morgan fingerprint density at radius 3 is 2.57 bits per heavy atom. The van der Waals surface area contributed by atoms with Crippen LogP contribution in [0, 0.1) is 0 Å². The Morgan fingerprint density at radius 2 is 1.90 bits per heavy atom. The zero-order valence-corrected chi connectivity index (χ0v) is 16.9. The zero-order chi connectivity index (χ0) is 21.7. The number of carboxylic acids is 1. The summed E-state index contributed by atoms with van der Waals surface area (Å²) < 4.78 is 4.90. The maximum absolute atomic E-state index is 12.5. The molecule has 2 aromatic carbocycles. The number of carbonyl (C=O) groups excluding carboxylic acids is 2. The van der Waals surface area contributed by atoms with E-state index in [1.165, 1.54) is 0 Å². The monoisotopic (exact) mass is 408 g/mol. The van der Waals surface area contributed by atoms with Crippen molar-refractivity contribution in [2.45, 2.75) is 32.4 Å². The summed E-state index contributed by atoms with van der Waals surface area (Å²) >= 11 is 0. The van der Waals surface area contributed by atoms with E-state index in [2.05, 4.69) is 5.32 Å². The third-order valence-corrected chi connectivity index (χ3v) is 5.08. The van der Waals surface area contributed by atoms with Gasteiger partial charge in [0.25, 0.3) is 0 Å². The molecule has 7 heteroatoms. The van der Waals surface area contributed by atoms with Crippen LogP contribution in [-0.4, -0.2) is 40.6 Å². The molecule has 7 nitrogen and oxygen atoms in total. The molecule has 0 aromatic heterocycles. The van der Waals surface area contributed by atoms with E-state index in [4.69, 9.17) is 9.84 Å². The summed E-state index contributed by atoms with van der Waals surface area (Å²) in [4.78, 5) is 37.0. The van der Waals surface area contributed by atoms with E-state index in [-0.39, 0.29) is 30.0 Å². The van der Waals surface area contributed by atoms with Crippen molar-refractivity contribution in [1.82, 2.24) is 4.90 Å². The number of carboxylic acid groups (broad SMARTS) is 1. The van der Waals surface area contributed by atoms with Gasteiger partial charge >= 0.3 is 12.1 Å². The number of nitrogens with zero attached hydrogens (tertiary/aromatic N) is 1. The molecule has 1 aliphatic rings. The van der Waals surface area contributed by atoms with Crippen LogP contribution in [-0.2, 0) is 16.1 Å². The van der Waals surface area contributed by atoms with Crippen LogP contribution in [0.3, 0.4) is 0 Å². The highest BCUT2D eigenvalue weighted by Crippen LogP contribution is 2.30. The fourth-order valence-electron chi connectivity index (χ4n) is 3.53. The first-order valence-corrected chi connectivity index (χ1v) is 9.73. The Kier molecular flexibility index (Phi) is 6.51. The van der Waals surface area contributed by atoms with Crippen molar-refractivity contribution in [3.8, 4) is 0 Å². The molecule has 0 saturated heterocycles. The molecule has 1 aliphatic heterocycles. The lowest BCUT2D eigenvalue weighted by molar-refractivity contribution is -0.129. The number of amides is 2. The van der Waals surface area contributed by atoms with E-state index < -0.39 is 12.1 Å². The maximum atomic E-state index is 12.5. The van der Waals surface area contributed by atoms with Gasteiger partial charge < -0.3 is 14.7 Å². The minimum Gasteiger partial charge on any atom is -0.478 e. The van der Waals surface area contributed by atoms with Gasteiger partial charge in [-0.05, 0) is 55.3 Å². The Bertz CT molecular complexity index is 968. The average Bonchev–Trinajstić information content (AvgIpc) is 2.72. The minimum absolute atomic E-state index is 0.0496. The first-order chi connectivity index (χ1) is 14.4. The zero-order valence-electron chi connectivity index (χ0n) is 16.9. The molecular formula is C23H24N2O5. The van der Waals surface area contributed by atoms with Gasteiger partial charge in [0.1, 0.15) is 0 Å². The third-order valence-electron chi connectivity index (χ3n) is 5.08. The molecule has 2 N–H and O–H groups in total. The highest BCUT2D eigenvalue weighted by atomic mass is 16.5. The summed E-state index contributed by atoms with van der Waals surface area (Å²) in [5, 5.41) is 11.8. The largest absolute Gasteiger partial charge is 0.478 e. The lowest BCUT2D eigenvalue weighted by Crippen LogP contribution is -2.43. The van der Waals surface area contributed by atoms with Crippen molar-refractivity contribution in [2.24, 2.45) is 0 Å². The van der Waals surface area contributed by atoms with E-state index >= 15 is 0 Å².